The second-order valence-corrected chi connectivity index (χ2v) is 10.2. The summed E-state index contributed by atoms with van der Waals surface area (Å²) in [6.45, 7) is 2.92. The lowest BCUT2D eigenvalue weighted by Gasteiger charge is -2.35. The predicted octanol–water partition coefficient (Wildman–Crippen LogP) is 2.83. The fraction of sp³-hybridized carbons (Fsp3) is 0.364. The molecule has 4 rings (SSSR count). The molecule has 1 N–H and O–H groups in total. The number of benzene rings is 2. The van der Waals surface area contributed by atoms with Gasteiger partial charge in [0.2, 0.25) is 10.0 Å². The Bertz CT molecular complexity index is 1180. The van der Waals surface area contributed by atoms with Gasteiger partial charge in [0.15, 0.2) is 0 Å². The van der Waals surface area contributed by atoms with Crippen molar-refractivity contribution < 1.29 is 22.4 Å². The fourth-order valence-electron chi connectivity index (χ4n) is 3.60. The van der Waals surface area contributed by atoms with E-state index in [9.17, 15) is 22.4 Å². The Morgan fingerprint density at radius 1 is 0.969 bits per heavy atom. The zero-order chi connectivity index (χ0) is 23.0. The minimum absolute atomic E-state index is 0.0271. The van der Waals surface area contributed by atoms with Crippen molar-refractivity contribution in [2.24, 2.45) is 0 Å². The number of nitrogens with zero attached hydrogens (tertiary/aromatic N) is 2. The lowest BCUT2D eigenvalue weighted by molar-refractivity contribution is 0.0535. The molecule has 1 saturated carbocycles. The lowest BCUT2D eigenvalue weighted by Crippen LogP contribution is -2.50. The van der Waals surface area contributed by atoms with Gasteiger partial charge in [-0.1, -0.05) is 17.7 Å². The van der Waals surface area contributed by atoms with Crippen LogP contribution in [0.25, 0.3) is 0 Å². The Morgan fingerprint density at radius 2 is 1.56 bits per heavy atom. The molecule has 0 unspecified atom stereocenters. The maximum absolute atomic E-state index is 13.3. The topological polar surface area (TPSA) is 86.8 Å². The summed E-state index contributed by atoms with van der Waals surface area (Å²) in [4.78, 5) is 29.1. The summed E-state index contributed by atoms with van der Waals surface area (Å²) in [5.74, 6) is -1.12. The number of hydrogen-bond acceptors (Lipinski definition) is 4. The first-order valence-electron chi connectivity index (χ1n) is 10.3. The van der Waals surface area contributed by atoms with E-state index < -0.39 is 15.8 Å². The Labute approximate surface area is 191 Å². The van der Waals surface area contributed by atoms with Gasteiger partial charge in [-0.15, -0.1) is 0 Å². The molecule has 10 heteroatoms. The van der Waals surface area contributed by atoms with Crippen LogP contribution in [-0.2, 0) is 10.0 Å². The van der Waals surface area contributed by atoms with Crippen LogP contribution in [0.1, 0.15) is 39.1 Å². The van der Waals surface area contributed by atoms with Gasteiger partial charge in [0.1, 0.15) is 5.82 Å². The molecule has 0 radical (unpaired) electrons. The van der Waals surface area contributed by atoms with Crippen LogP contribution in [0, 0.1) is 12.7 Å². The van der Waals surface area contributed by atoms with E-state index in [4.69, 9.17) is 11.6 Å². The van der Waals surface area contributed by atoms with Gasteiger partial charge in [0, 0.05) is 37.8 Å². The van der Waals surface area contributed by atoms with E-state index >= 15 is 0 Å². The minimum Gasteiger partial charge on any atom is -0.335 e. The van der Waals surface area contributed by atoms with E-state index in [1.165, 1.54) is 24.3 Å². The van der Waals surface area contributed by atoms with Crippen LogP contribution in [-0.4, -0.2) is 62.3 Å². The van der Waals surface area contributed by atoms with Crippen LogP contribution in [0.3, 0.4) is 0 Å². The third-order valence-corrected chi connectivity index (χ3v) is 7.50. The number of aryl methyl sites for hydroxylation is 1. The molecule has 0 spiro atoms. The van der Waals surface area contributed by atoms with E-state index in [1.807, 2.05) is 0 Å². The van der Waals surface area contributed by atoms with Crippen molar-refractivity contribution in [1.82, 2.24) is 14.5 Å². The van der Waals surface area contributed by atoms with Crippen molar-refractivity contribution in [3.63, 3.8) is 0 Å². The number of sulfonamides is 1. The molecule has 32 heavy (non-hydrogen) atoms. The Kier molecular flexibility index (Phi) is 6.24. The molecule has 0 atom stereocenters. The number of halogens is 2. The van der Waals surface area contributed by atoms with Crippen LogP contribution in [0.5, 0.6) is 0 Å². The quantitative estimate of drug-likeness (QED) is 0.714. The van der Waals surface area contributed by atoms with Crippen molar-refractivity contribution >= 4 is 33.4 Å². The molecule has 1 saturated heterocycles. The number of piperazine rings is 1. The van der Waals surface area contributed by atoms with Crippen molar-refractivity contribution in [3.8, 4) is 0 Å². The van der Waals surface area contributed by atoms with Crippen molar-refractivity contribution in [3.05, 3.63) is 63.9 Å². The zero-order valence-corrected chi connectivity index (χ0v) is 19.0. The molecule has 2 aromatic rings. The number of amides is 2. The van der Waals surface area contributed by atoms with Gasteiger partial charge in [-0.05, 0) is 55.7 Å². The third-order valence-electron chi connectivity index (χ3n) is 5.66. The number of carbonyl (C=O) groups excluding carboxylic acids is 2. The summed E-state index contributed by atoms with van der Waals surface area (Å²) >= 11 is 6.00. The Morgan fingerprint density at radius 3 is 2.12 bits per heavy atom. The molecule has 2 aromatic carbocycles. The van der Waals surface area contributed by atoms with Gasteiger partial charge < -0.3 is 9.80 Å². The van der Waals surface area contributed by atoms with Gasteiger partial charge in [0.05, 0.1) is 15.5 Å². The normalized spacial score (nSPS) is 16.8. The maximum Gasteiger partial charge on any atom is 0.255 e. The van der Waals surface area contributed by atoms with Gasteiger partial charge in [-0.3, -0.25) is 9.59 Å². The first-order chi connectivity index (χ1) is 15.2. The summed E-state index contributed by atoms with van der Waals surface area (Å²) in [7, 11) is -3.67. The standard InChI is InChI=1S/C22H23ClFN3O4S/c1-14-2-6-17(32(30,31)25-16-4-5-16)13-19(14)22(29)27-10-8-26(9-11-27)21(28)18-7-3-15(24)12-20(18)23/h2-3,6-7,12-13,16,25H,4-5,8-11H2,1H3. The molecule has 0 aromatic heterocycles. The van der Waals surface area contributed by atoms with Gasteiger partial charge in [-0.25, -0.2) is 17.5 Å². The molecular weight excluding hydrogens is 457 g/mol. The molecule has 1 aliphatic carbocycles. The highest BCUT2D eigenvalue weighted by molar-refractivity contribution is 7.89. The van der Waals surface area contributed by atoms with Crippen LogP contribution >= 0.6 is 11.6 Å². The molecule has 1 heterocycles. The average Bonchev–Trinajstić information content (AvgIpc) is 3.56. The minimum atomic E-state index is -3.67. The SMILES string of the molecule is Cc1ccc(S(=O)(=O)NC2CC2)cc1C(=O)N1CCN(C(=O)c2ccc(F)cc2Cl)CC1. The first-order valence-corrected chi connectivity index (χ1v) is 12.2. The van der Waals surface area contributed by atoms with E-state index in [-0.39, 0.29) is 33.3 Å². The monoisotopic (exact) mass is 479 g/mol. The predicted molar refractivity (Wildman–Crippen MR) is 118 cm³/mol. The van der Waals surface area contributed by atoms with Crippen molar-refractivity contribution in [1.29, 1.82) is 0 Å². The highest BCUT2D eigenvalue weighted by Crippen LogP contribution is 2.24. The largest absolute Gasteiger partial charge is 0.335 e. The zero-order valence-electron chi connectivity index (χ0n) is 17.5. The Balaban J connectivity index is 1.45. The number of nitrogens with one attached hydrogen (secondary N) is 1. The fourth-order valence-corrected chi connectivity index (χ4v) is 5.18. The van der Waals surface area contributed by atoms with Crippen LogP contribution in [0.15, 0.2) is 41.3 Å². The van der Waals surface area contributed by atoms with E-state index in [0.29, 0.717) is 37.3 Å². The van der Waals surface area contributed by atoms with E-state index in [0.717, 1.165) is 18.9 Å². The smallest absolute Gasteiger partial charge is 0.255 e. The highest BCUT2D eigenvalue weighted by atomic mass is 35.5. The summed E-state index contributed by atoms with van der Waals surface area (Å²) in [6, 6.07) is 8.14. The second-order valence-electron chi connectivity index (χ2n) is 8.08. The van der Waals surface area contributed by atoms with Gasteiger partial charge in [-0.2, -0.15) is 0 Å². The molecule has 2 amide bonds. The average molecular weight is 480 g/mol. The van der Waals surface area contributed by atoms with E-state index in [1.54, 1.807) is 22.8 Å². The lowest BCUT2D eigenvalue weighted by atomic mass is 10.1. The van der Waals surface area contributed by atoms with Gasteiger partial charge >= 0.3 is 0 Å². The van der Waals surface area contributed by atoms with Crippen LogP contribution in [0.2, 0.25) is 5.02 Å². The summed E-state index contributed by atoms with van der Waals surface area (Å²) in [5.41, 5.74) is 1.21. The first kappa shape index (κ1) is 22.7. The molecule has 170 valence electrons. The molecule has 7 nitrogen and oxygen atoms in total. The van der Waals surface area contributed by atoms with Crippen LogP contribution < -0.4 is 4.72 Å². The van der Waals surface area contributed by atoms with Crippen molar-refractivity contribution in [2.45, 2.75) is 30.7 Å². The second kappa shape index (κ2) is 8.80. The Hall–Kier alpha value is -2.49. The molecule has 0 bridgehead atoms. The number of rotatable bonds is 5. The van der Waals surface area contributed by atoms with E-state index in [2.05, 4.69) is 4.72 Å². The maximum atomic E-state index is 13.3. The number of hydrogen-bond donors (Lipinski definition) is 1. The highest BCUT2D eigenvalue weighted by Gasteiger charge is 2.30. The van der Waals surface area contributed by atoms with Gasteiger partial charge in [0.25, 0.3) is 11.8 Å². The number of carbonyl (C=O) groups is 2. The summed E-state index contributed by atoms with van der Waals surface area (Å²) in [5, 5.41) is 0.0435. The molecule has 2 aliphatic rings. The molecule has 2 fully saturated rings. The summed E-state index contributed by atoms with van der Waals surface area (Å²) in [6.07, 6.45) is 1.64. The van der Waals surface area contributed by atoms with Crippen molar-refractivity contribution in [2.75, 3.05) is 26.2 Å². The molecular formula is C22H23ClFN3O4S. The third kappa shape index (κ3) is 4.79. The van der Waals surface area contributed by atoms with Crippen LogP contribution in [0.4, 0.5) is 4.39 Å². The summed E-state index contributed by atoms with van der Waals surface area (Å²) < 4.78 is 40.9. The molecule has 1 aliphatic heterocycles.